The van der Waals surface area contributed by atoms with Crippen molar-refractivity contribution >= 4 is 34.3 Å². The highest BCUT2D eigenvalue weighted by atomic mass is 35.5. The number of anilines is 2. The van der Waals surface area contributed by atoms with E-state index >= 15 is 0 Å². The van der Waals surface area contributed by atoms with Crippen LogP contribution in [0.1, 0.15) is 5.56 Å². The third kappa shape index (κ3) is 4.15. The maximum Gasteiger partial charge on any atom is 0.226 e. The zero-order valence-corrected chi connectivity index (χ0v) is 17.0. The van der Waals surface area contributed by atoms with E-state index in [1.165, 1.54) is 10.9 Å². The van der Waals surface area contributed by atoms with Crippen LogP contribution >= 0.6 is 11.6 Å². The molecule has 148 valence electrons. The Kier molecular flexibility index (Phi) is 5.54. The molecule has 28 heavy (non-hydrogen) atoms. The molecule has 2 aromatic heterocycles. The number of hydrogen-bond acceptors (Lipinski definition) is 6. The number of nitrogens with zero attached hydrogens (tertiary/aromatic N) is 4. The van der Waals surface area contributed by atoms with E-state index in [9.17, 15) is 0 Å². The summed E-state index contributed by atoms with van der Waals surface area (Å²) in [4.78, 5) is 16.9. The van der Waals surface area contributed by atoms with Crippen molar-refractivity contribution in [2.75, 3.05) is 57.1 Å². The van der Waals surface area contributed by atoms with Crippen molar-refractivity contribution in [3.8, 4) is 5.75 Å². The smallest absolute Gasteiger partial charge is 0.226 e. The van der Waals surface area contributed by atoms with E-state index in [2.05, 4.69) is 43.2 Å². The number of methoxy groups -OCH3 is 1. The fraction of sp³-hybridized carbons (Fsp3) is 0.400. The molecule has 0 aliphatic carbocycles. The number of aromatic nitrogens is 3. The molecular weight excluding hydrogens is 376 g/mol. The highest BCUT2D eigenvalue weighted by Gasteiger charge is 2.17. The van der Waals surface area contributed by atoms with E-state index in [1.807, 2.05) is 24.4 Å². The minimum Gasteiger partial charge on any atom is -0.497 e. The van der Waals surface area contributed by atoms with Crippen LogP contribution in [0.25, 0.3) is 10.9 Å². The minimum atomic E-state index is 0.461. The standard InChI is InChI=1S/C20H25ClN6O/c1-26-7-9-27(10-8-26)19-12-18(21)24-20(25-19)22-6-5-14-13-23-17-4-3-15(28-2)11-16(14)17/h3-4,11-13,23H,5-10H2,1-2H3,(H,22,24,25). The van der Waals surface area contributed by atoms with Crippen LogP contribution in [-0.4, -0.2) is 66.7 Å². The van der Waals surface area contributed by atoms with E-state index in [4.69, 9.17) is 16.3 Å². The number of benzene rings is 1. The van der Waals surface area contributed by atoms with Gasteiger partial charge in [0.1, 0.15) is 16.7 Å². The summed E-state index contributed by atoms with van der Waals surface area (Å²) in [5.41, 5.74) is 2.33. The lowest BCUT2D eigenvalue weighted by atomic mass is 10.1. The van der Waals surface area contributed by atoms with E-state index in [-0.39, 0.29) is 0 Å². The van der Waals surface area contributed by atoms with Gasteiger partial charge in [0.05, 0.1) is 7.11 Å². The van der Waals surface area contributed by atoms with Gasteiger partial charge in [0, 0.05) is 55.9 Å². The van der Waals surface area contributed by atoms with Gasteiger partial charge in [-0.15, -0.1) is 0 Å². The number of H-pyrrole nitrogens is 1. The lowest BCUT2D eigenvalue weighted by molar-refractivity contribution is 0.312. The molecular formula is C20H25ClN6O. The lowest BCUT2D eigenvalue weighted by Crippen LogP contribution is -2.44. The van der Waals surface area contributed by atoms with Gasteiger partial charge in [0.15, 0.2) is 0 Å². The van der Waals surface area contributed by atoms with Gasteiger partial charge in [-0.05, 0) is 37.2 Å². The Bertz CT molecular complexity index is 951. The molecule has 0 radical (unpaired) electrons. The van der Waals surface area contributed by atoms with Crippen molar-refractivity contribution in [3.05, 3.63) is 41.2 Å². The van der Waals surface area contributed by atoms with Crippen molar-refractivity contribution < 1.29 is 4.74 Å². The van der Waals surface area contributed by atoms with Gasteiger partial charge >= 0.3 is 0 Å². The fourth-order valence-corrected chi connectivity index (χ4v) is 3.66. The van der Waals surface area contributed by atoms with Crippen molar-refractivity contribution in [1.29, 1.82) is 0 Å². The van der Waals surface area contributed by atoms with Crippen molar-refractivity contribution in [2.24, 2.45) is 0 Å². The number of rotatable bonds is 6. The Morgan fingerprint density at radius 3 is 2.79 bits per heavy atom. The van der Waals surface area contributed by atoms with E-state index in [0.717, 1.165) is 49.7 Å². The first-order valence-corrected chi connectivity index (χ1v) is 9.86. The molecule has 0 atom stereocenters. The average molecular weight is 401 g/mol. The van der Waals surface area contributed by atoms with E-state index in [1.54, 1.807) is 7.11 Å². The highest BCUT2D eigenvalue weighted by Crippen LogP contribution is 2.24. The molecule has 1 saturated heterocycles. The topological polar surface area (TPSA) is 69.3 Å². The summed E-state index contributed by atoms with van der Waals surface area (Å²) >= 11 is 6.24. The van der Waals surface area contributed by atoms with Gasteiger partial charge in [-0.1, -0.05) is 11.6 Å². The molecule has 0 saturated carbocycles. The van der Waals surface area contributed by atoms with Gasteiger partial charge in [-0.25, -0.2) is 4.98 Å². The monoisotopic (exact) mass is 400 g/mol. The molecule has 3 aromatic rings. The van der Waals surface area contributed by atoms with Crippen LogP contribution < -0.4 is 15.0 Å². The second kappa shape index (κ2) is 8.24. The quantitative estimate of drug-likeness (QED) is 0.620. The first-order valence-electron chi connectivity index (χ1n) is 9.48. The molecule has 1 aliphatic rings. The lowest BCUT2D eigenvalue weighted by Gasteiger charge is -2.33. The Balaban J connectivity index is 1.42. The third-order valence-corrected chi connectivity index (χ3v) is 5.35. The molecule has 4 rings (SSSR count). The second-order valence-corrected chi connectivity index (χ2v) is 7.45. The van der Waals surface area contributed by atoms with Crippen molar-refractivity contribution in [3.63, 3.8) is 0 Å². The molecule has 7 nitrogen and oxygen atoms in total. The minimum absolute atomic E-state index is 0.461. The van der Waals surface area contributed by atoms with Crippen molar-refractivity contribution in [2.45, 2.75) is 6.42 Å². The number of ether oxygens (including phenoxy) is 1. The Morgan fingerprint density at radius 2 is 2.00 bits per heavy atom. The van der Waals surface area contributed by atoms with Crippen LogP contribution in [-0.2, 0) is 6.42 Å². The van der Waals surface area contributed by atoms with Gasteiger partial charge in [0.25, 0.3) is 0 Å². The summed E-state index contributed by atoms with van der Waals surface area (Å²) in [6, 6.07) is 7.89. The average Bonchev–Trinajstić information content (AvgIpc) is 3.10. The van der Waals surface area contributed by atoms with E-state index < -0.39 is 0 Å². The number of piperazine rings is 1. The predicted molar refractivity (Wildman–Crippen MR) is 114 cm³/mol. The molecule has 1 aliphatic heterocycles. The number of nitrogens with one attached hydrogen (secondary N) is 2. The second-order valence-electron chi connectivity index (χ2n) is 7.07. The Hall–Kier alpha value is -2.51. The van der Waals surface area contributed by atoms with Gasteiger partial charge in [-0.3, -0.25) is 0 Å². The Labute approximate surface area is 169 Å². The summed E-state index contributed by atoms with van der Waals surface area (Å²) in [6.07, 6.45) is 2.88. The van der Waals surface area contributed by atoms with Crippen LogP contribution in [0.4, 0.5) is 11.8 Å². The normalized spacial score (nSPS) is 15.2. The molecule has 0 spiro atoms. The van der Waals surface area contributed by atoms with Gasteiger partial charge in [0.2, 0.25) is 5.95 Å². The van der Waals surface area contributed by atoms with Crippen LogP contribution in [0.5, 0.6) is 5.75 Å². The zero-order chi connectivity index (χ0) is 19.5. The summed E-state index contributed by atoms with van der Waals surface area (Å²) in [5, 5.41) is 4.95. The summed E-state index contributed by atoms with van der Waals surface area (Å²) < 4.78 is 5.34. The molecule has 0 amide bonds. The highest BCUT2D eigenvalue weighted by molar-refractivity contribution is 6.29. The Morgan fingerprint density at radius 1 is 1.18 bits per heavy atom. The molecule has 1 aromatic carbocycles. The third-order valence-electron chi connectivity index (χ3n) is 5.16. The van der Waals surface area contributed by atoms with Crippen LogP contribution in [0.2, 0.25) is 5.15 Å². The van der Waals surface area contributed by atoms with Crippen LogP contribution in [0, 0.1) is 0 Å². The maximum absolute atomic E-state index is 6.24. The largest absolute Gasteiger partial charge is 0.497 e. The SMILES string of the molecule is COc1ccc2[nH]cc(CCNc3nc(Cl)cc(N4CCN(C)CC4)n3)c2c1. The van der Waals surface area contributed by atoms with Gasteiger partial charge < -0.3 is 24.8 Å². The number of likely N-dealkylation sites (N-methyl/N-ethyl adjacent to an activating group) is 1. The summed E-state index contributed by atoms with van der Waals surface area (Å²) in [6.45, 7) is 4.65. The van der Waals surface area contributed by atoms with Crippen LogP contribution in [0.15, 0.2) is 30.5 Å². The van der Waals surface area contributed by atoms with E-state index in [0.29, 0.717) is 17.6 Å². The number of halogens is 1. The predicted octanol–water partition coefficient (Wildman–Crippen LogP) is 3.03. The first kappa shape index (κ1) is 18.8. The molecule has 2 N–H and O–H groups in total. The molecule has 8 heteroatoms. The molecule has 0 bridgehead atoms. The van der Waals surface area contributed by atoms with Crippen LogP contribution in [0.3, 0.4) is 0 Å². The zero-order valence-electron chi connectivity index (χ0n) is 16.2. The summed E-state index contributed by atoms with van der Waals surface area (Å²) in [7, 11) is 3.82. The number of fused-ring (bicyclic) bond motifs is 1. The van der Waals surface area contributed by atoms with Gasteiger partial charge in [-0.2, -0.15) is 4.98 Å². The first-order chi connectivity index (χ1) is 13.6. The fourth-order valence-electron chi connectivity index (χ4n) is 3.48. The maximum atomic E-state index is 6.24. The molecule has 1 fully saturated rings. The van der Waals surface area contributed by atoms with Crippen molar-refractivity contribution in [1.82, 2.24) is 19.9 Å². The number of hydrogen-bond donors (Lipinski definition) is 2. The number of aromatic amines is 1. The molecule has 0 unspecified atom stereocenters. The molecule has 3 heterocycles. The summed E-state index contributed by atoms with van der Waals surface area (Å²) in [5.74, 6) is 2.31.